The van der Waals surface area contributed by atoms with Gasteiger partial charge in [0.15, 0.2) is 5.78 Å². The van der Waals surface area contributed by atoms with Gasteiger partial charge in [-0.3, -0.25) is 9.59 Å². The SMILES string of the molecule is COC(=O)CC1(CSCC(=O)c2ccc(OC)cc2)CC1. The zero-order chi connectivity index (χ0) is 15.3. The number of benzene rings is 1. The third kappa shape index (κ3) is 4.49. The van der Waals surface area contributed by atoms with E-state index in [4.69, 9.17) is 9.47 Å². The topological polar surface area (TPSA) is 52.6 Å². The normalized spacial score (nSPS) is 15.3. The molecule has 0 unspecified atom stereocenters. The van der Waals surface area contributed by atoms with Gasteiger partial charge < -0.3 is 9.47 Å². The Hall–Kier alpha value is -1.49. The zero-order valence-corrected chi connectivity index (χ0v) is 13.2. The smallest absolute Gasteiger partial charge is 0.306 e. The predicted molar refractivity (Wildman–Crippen MR) is 82.9 cm³/mol. The van der Waals surface area contributed by atoms with E-state index in [1.807, 2.05) is 0 Å². The van der Waals surface area contributed by atoms with E-state index in [1.165, 1.54) is 7.11 Å². The molecule has 0 N–H and O–H groups in total. The largest absolute Gasteiger partial charge is 0.497 e. The summed E-state index contributed by atoms with van der Waals surface area (Å²) in [4.78, 5) is 23.4. The maximum Gasteiger partial charge on any atom is 0.306 e. The van der Waals surface area contributed by atoms with Crippen LogP contribution in [0.3, 0.4) is 0 Å². The van der Waals surface area contributed by atoms with E-state index in [9.17, 15) is 9.59 Å². The quantitative estimate of drug-likeness (QED) is 0.546. The molecule has 0 bridgehead atoms. The van der Waals surface area contributed by atoms with Crippen LogP contribution in [0.4, 0.5) is 0 Å². The number of hydrogen-bond acceptors (Lipinski definition) is 5. The molecule has 1 aromatic rings. The number of carbonyl (C=O) groups excluding carboxylic acids is 2. The van der Waals surface area contributed by atoms with Crippen LogP contribution in [0.1, 0.15) is 29.6 Å². The second-order valence-corrected chi connectivity index (χ2v) is 6.38. The fourth-order valence-corrected chi connectivity index (χ4v) is 3.43. The van der Waals surface area contributed by atoms with E-state index >= 15 is 0 Å². The zero-order valence-electron chi connectivity index (χ0n) is 12.4. The van der Waals surface area contributed by atoms with Crippen LogP contribution in [-0.2, 0) is 9.53 Å². The molecule has 0 spiro atoms. The first kappa shape index (κ1) is 15.9. The van der Waals surface area contributed by atoms with Crippen LogP contribution in [0.2, 0.25) is 0 Å². The summed E-state index contributed by atoms with van der Waals surface area (Å²) in [6.45, 7) is 0. The summed E-state index contributed by atoms with van der Waals surface area (Å²) >= 11 is 1.60. The van der Waals surface area contributed by atoms with Crippen LogP contribution >= 0.6 is 11.8 Å². The standard InChI is InChI=1S/C16H20O4S/c1-19-13-5-3-12(4-6-13)14(17)10-21-11-16(7-8-16)9-15(18)20-2/h3-6H,7-11H2,1-2H3. The average molecular weight is 308 g/mol. The molecule has 2 rings (SSSR count). The van der Waals surface area contributed by atoms with Crippen molar-refractivity contribution in [2.75, 3.05) is 25.7 Å². The van der Waals surface area contributed by atoms with Gasteiger partial charge in [0, 0.05) is 5.56 Å². The Kier molecular flexibility index (Phi) is 5.28. The summed E-state index contributed by atoms with van der Waals surface area (Å²) in [6.07, 6.45) is 2.56. The van der Waals surface area contributed by atoms with Crippen molar-refractivity contribution in [3.8, 4) is 5.75 Å². The Balaban J connectivity index is 1.77. The van der Waals surface area contributed by atoms with Crippen LogP contribution < -0.4 is 4.74 Å². The van der Waals surface area contributed by atoms with Gasteiger partial charge >= 0.3 is 5.97 Å². The summed E-state index contributed by atoms with van der Waals surface area (Å²) in [5.41, 5.74) is 0.763. The molecule has 1 fully saturated rings. The molecule has 1 saturated carbocycles. The highest BCUT2D eigenvalue weighted by atomic mass is 32.2. The van der Waals surface area contributed by atoms with Crippen LogP contribution in [0.5, 0.6) is 5.75 Å². The van der Waals surface area contributed by atoms with Gasteiger partial charge in [-0.1, -0.05) is 0 Å². The van der Waals surface area contributed by atoms with Gasteiger partial charge in [-0.15, -0.1) is 0 Å². The minimum absolute atomic E-state index is 0.0674. The lowest BCUT2D eigenvalue weighted by atomic mass is 10.1. The van der Waals surface area contributed by atoms with Gasteiger partial charge in [-0.05, 0) is 48.3 Å². The summed E-state index contributed by atoms with van der Waals surface area (Å²) < 4.78 is 9.79. The van der Waals surface area contributed by atoms with Gasteiger partial charge in [0.1, 0.15) is 5.75 Å². The Labute approximate surface area is 129 Å². The van der Waals surface area contributed by atoms with Gasteiger partial charge in [0.05, 0.1) is 26.4 Å². The minimum Gasteiger partial charge on any atom is -0.497 e. The number of thioether (sulfide) groups is 1. The van der Waals surface area contributed by atoms with Crippen molar-refractivity contribution in [2.24, 2.45) is 5.41 Å². The maximum absolute atomic E-state index is 12.1. The van der Waals surface area contributed by atoms with Crippen molar-refractivity contribution in [1.29, 1.82) is 0 Å². The molecule has 0 atom stereocenters. The Morgan fingerprint density at radius 1 is 1.19 bits per heavy atom. The number of ether oxygens (including phenoxy) is 2. The minimum atomic E-state index is -0.158. The fraction of sp³-hybridized carbons (Fsp3) is 0.500. The number of ketones is 1. The number of methoxy groups -OCH3 is 2. The number of Topliss-reactive ketones (excluding diaryl/α,β-unsaturated/α-hetero) is 1. The second-order valence-electron chi connectivity index (χ2n) is 5.40. The molecular formula is C16H20O4S. The number of rotatable bonds is 8. The first-order valence-corrected chi connectivity index (χ1v) is 8.06. The van der Waals surface area contributed by atoms with E-state index < -0.39 is 0 Å². The Bertz CT molecular complexity index is 506. The monoisotopic (exact) mass is 308 g/mol. The van der Waals surface area contributed by atoms with Crippen molar-refractivity contribution in [3.05, 3.63) is 29.8 Å². The van der Waals surface area contributed by atoms with E-state index in [0.717, 1.165) is 24.3 Å². The van der Waals surface area contributed by atoms with Crippen molar-refractivity contribution in [3.63, 3.8) is 0 Å². The highest BCUT2D eigenvalue weighted by Crippen LogP contribution is 2.51. The summed E-state index contributed by atoms with van der Waals surface area (Å²) in [7, 11) is 3.02. The predicted octanol–water partition coefficient (Wildman–Crippen LogP) is 2.95. The van der Waals surface area contributed by atoms with E-state index in [-0.39, 0.29) is 17.2 Å². The lowest BCUT2D eigenvalue weighted by molar-refractivity contribution is -0.141. The average Bonchev–Trinajstić information content (AvgIpc) is 3.26. The summed E-state index contributed by atoms with van der Waals surface area (Å²) in [6, 6.07) is 7.14. The molecule has 1 aliphatic carbocycles. The molecule has 5 heteroatoms. The molecule has 0 saturated heterocycles. The van der Waals surface area contributed by atoms with Crippen molar-refractivity contribution in [1.82, 2.24) is 0 Å². The highest BCUT2D eigenvalue weighted by Gasteiger charge is 2.44. The lowest BCUT2D eigenvalue weighted by Crippen LogP contribution is -2.14. The van der Waals surface area contributed by atoms with Gasteiger partial charge in [-0.25, -0.2) is 0 Å². The number of carbonyl (C=O) groups is 2. The van der Waals surface area contributed by atoms with E-state index in [1.54, 1.807) is 43.1 Å². The molecule has 114 valence electrons. The first-order chi connectivity index (χ1) is 10.1. The van der Waals surface area contributed by atoms with E-state index in [0.29, 0.717) is 17.7 Å². The molecule has 4 nitrogen and oxygen atoms in total. The van der Waals surface area contributed by atoms with Crippen molar-refractivity contribution in [2.45, 2.75) is 19.3 Å². The molecule has 1 aliphatic rings. The van der Waals surface area contributed by atoms with Gasteiger partial charge in [-0.2, -0.15) is 11.8 Å². The third-order valence-corrected chi connectivity index (χ3v) is 5.04. The fourth-order valence-electron chi connectivity index (χ4n) is 2.15. The van der Waals surface area contributed by atoms with E-state index in [2.05, 4.69) is 0 Å². The molecule has 0 aromatic heterocycles. The highest BCUT2D eigenvalue weighted by molar-refractivity contribution is 8.00. The molecule has 0 amide bonds. The van der Waals surface area contributed by atoms with Gasteiger partial charge in [0.25, 0.3) is 0 Å². The summed E-state index contributed by atoms with van der Waals surface area (Å²) in [5.74, 6) is 1.97. The molecule has 0 aliphatic heterocycles. The molecule has 21 heavy (non-hydrogen) atoms. The third-order valence-electron chi connectivity index (χ3n) is 3.76. The van der Waals surface area contributed by atoms with Crippen LogP contribution in [0.25, 0.3) is 0 Å². The Morgan fingerprint density at radius 3 is 2.38 bits per heavy atom. The first-order valence-electron chi connectivity index (χ1n) is 6.90. The molecule has 1 aromatic carbocycles. The lowest BCUT2D eigenvalue weighted by Gasteiger charge is -2.12. The van der Waals surface area contributed by atoms with Crippen LogP contribution in [-0.4, -0.2) is 37.5 Å². The van der Waals surface area contributed by atoms with Crippen molar-refractivity contribution >= 4 is 23.5 Å². The van der Waals surface area contributed by atoms with Crippen molar-refractivity contribution < 1.29 is 19.1 Å². The number of esters is 1. The molecule has 0 heterocycles. The number of hydrogen-bond donors (Lipinski definition) is 0. The molecule has 0 radical (unpaired) electrons. The summed E-state index contributed by atoms with van der Waals surface area (Å²) in [5, 5.41) is 0. The molecular weight excluding hydrogens is 288 g/mol. The van der Waals surface area contributed by atoms with Crippen LogP contribution in [0, 0.1) is 5.41 Å². The van der Waals surface area contributed by atoms with Crippen LogP contribution in [0.15, 0.2) is 24.3 Å². The van der Waals surface area contributed by atoms with Gasteiger partial charge in [0.2, 0.25) is 0 Å². The Morgan fingerprint density at radius 2 is 1.86 bits per heavy atom. The second kappa shape index (κ2) is 6.98. The maximum atomic E-state index is 12.1.